The summed E-state index contributed by atoms with van der Waals surface area (Å²) in [6.45, 7) is 2.41. The number of piperidine rings is 1. The Morgan fingerprint density at radius 2 is 1.86 bits per heavy atom. The summed E-state index contributed by atoms with van der Waals surface area (Å²) in [5, 5.41) is 9.34. The third kappa shape index (κ3) is 4.34. The van der Waals surface area contributed by atoms with E-state index in [1.54, 1.807) is 14.1 Å². The van der Waals surface area contributed by atoms with E-state index < -0.39 is 18.0 Å². The Morgan fingerprint density at radius 1 is 1.24 bits per heavy atom. The number of nitrogens with zero attached hydrogens (tertiary/aromatic N) is 3. The molecular formula is C14H25N3O4. The van der Waals surface area contributed by atoms with E-state index in [2.05, 4.69) is 0 Å². The van der Waals surface area contributed by atoms with E-state index in [9.17, 15) is 19.5 Å². The molecule has 0 bridgehead atoms. The van der Waals surface area contributed by atoms with Crippen LogP contribution in [0.25, 0.3) is 0 Å². The lowest BCUT2D eigenvalue weighted by Crippen LogP contribution is -2.54. The second kappa shape index (κ2) is 7.28. The van der Waals surface area contributed by atoms with Crippen LogP contribution >= 0.6 is 0 Å². The second-order valence-corrected chi connectivity index (χ2v) is 5.77. The Hall–Kier alpha value is -1.79. The highest BCUT2D eigenvalue weighted by molar-refractivity contribution is 5.86. The summed E-state index contributed by atoms with van der Waals surface area (Å²) in [7, 11) is 4.76. The summed E-state index contributed by atoms with van der Waals surface area (Å²) in [6, 6.07) is -1.19. The fourth-order valence-corrected chi connectivity index (χ4v) is 2.50. The van der Waals surface area contributed by atoms with Crippen molar-refractivity contribution in [3.8, 4) is 0 Å². The van der Waals surface area contributed by atoms with Gasteiger partial charge < -0.3 is 19.8 Å². The zero-order valence-corrected chi connectivity index (χ0v) is 13.2. The van der Waals surface area contributed by atoms with Gasteiger partial charge in [0.1, 0.15) is 12.6 Å². The molecule has 0 aliphatic carbocycles. The van der Waals surface area contributed by atoms with Crippen molar-refractivity contribution in [1.82, 2.24) is 14.7 Å². The van der Waals surface area contributed by atoms with E-state index >= 15 is 0 Å². The number of aliphatic carboxylic acids is 1. The molecule has 21 heavy (non-hydrogen) atoms. The minimum Gasteiger partial charge on any atom is -0.480 e. The van der Waals surface area contributed by atoms with Gasteiger partial charge in [-0.15, -0.1) is 0 Å². The quantitative estimate of drug-likeness (QED) is 0.828. The Balaban J connectivity index is 2.74. The highest BCUT2D eigenvalue weighted by atomic mass is 16.4. The van der Waals surface area contributed by atoms with E-state index in [1.807, 2.05) is 6.92 Å². The smallest absolute Gasteiger partial charge is 0.326 e. The van der Waals surface area contributed by atoms with Gasteiger partial charge in [-0.1, -0.05) is 13.3 Å². The monoisotopic (exact) mass is 299 g/mol. The third-order valence-electron chi connectivity index (χ3n) is 4.02. The van der Waals surface area contributed by atoms with Gasteiger partial charge in [-0.05, 0) is 18.8 Å². The second-order valence-electron chi connectivity index (χ2n) is 5.77. The van der Waals surface area contributed by atoms with Gasteiger partial charge in [0.05, 0.1) is 0 Å². The molecule has 1 fully saturated rings. The molecule has 3 amide bonds. The molecule has 1 rings (SSSR count). The van der Waals surface area contributed by atoms with Crippen molar-refractivity contribution in [2.24, 2.45) is 5.92 Å². The van der Waals surface area contributed by atoms with Gasteiger partial charge in [0.2, 0.25) is 5.91 Å². The van der Waals surface area contributed by atoms with Crippen LogP contribution in [0.15, 0.2) is 0 Å². The molecule has 0 radical (unpaired) electrons. The van der Waals surface area contributed by atoms with Crippen LogP contribution in [0, 0.1) is 5.92 Å². The third-order valence-corrected chi connectivity index (χ3v) is 4.02. The molecule has 0 saturated carbocycles. The van der Waals surface area contributed by atoms with Crippen LogP contribution in [0.5, 0.6) is 0 Å². The molecule has 120 valence electrons. The number of hydrogen-bond donors (Lipinski definition) is 1. The number of carboxylic acids is 1. The van der Waals surface area contributed by atoms with E-state index in [0.717, 1.165) is 12.8 Å². The van der Waals surface area contributed by atoms with Crippen LogP contribution < -0.4 is 0 Å². The number of hydrogen-bond acceptors (Lipinski definition) is 3. The molecular weight excluding hydrogens is 274 g/mol. The van der Waals surface area contributed by atoms with Gasteiger partial charge in [-0.25, -0.2) is 9.59 Å². The van der Waals surface area contributed by atoms with E-state index in [4.69, 9.17) is 0 Å². The molecule has 1 N–H and O–H groups in total. The van der Waals surface area contributed by atoms with Crippen molar-refractivity contribution in [1.29, 1.82) is 0 Å². The lowest BCUT2D eigenvalue weighted by molar-refractivity contribution is -0.144. The zero-order chi connectivity index (χ0) is 16.2. The Bertz CT molecular complexity index is 411. The van der Waals surface area contributed by atoms with Crippen molar-refractivity contribution in [2.75, 3.05) is 34.2 Å². The number of carbonyl (C=O) groups is 3. The van der Waals surface area contributed by atoms with E-state index in [1.165, 1.54) is 21.7 Å². The number of carboxylic acid groups (broad SMARTS) is 1. The molecule has 1 saturated heterocycles. The standard InChI is InChI=1S/C14H25N3O4/c1-5-10-6-7-17(11(8-10)13(19)20)14(21)16(4)9-12(18)15(2)3/h10-11H,5-9H2,1-4H3,(H,19,20). The average Bonchev–Trinajstić information content (AvgIpc) is 2.45. The van der Waals surface area contributed by atoms with Crippen molar-refractivity contribution in [2.45, 2.75) is 32.2 Å². The highest BCUT2D eigenvalue weighted by Crippen LogP contribution is 2.26. The summed E-state index contributed by atoms with van der Waals surface area (Å²) in [4.78, 5) is 39.5. The van der Waals surface area contributed by atoms with Crippen molar-refractivity contribution >= 4 is 17.9 Å². The first-order valence-electron chi connectivity index (χ1n) is 7.22. The van der Waals surface area contributed by atoms with Gasteiger partial charge >= 0.3 is 12.0 Å². The number of likely N-dealkylation sites (N-methyl/N-ethyl adjacent to an activating group) is 2. The van der Waals surface area contributed by atoms with Crippen LogP contribution in [0.2, 0.25) is 0 Å². The largest absolute Gasteiger partial charge is 0.480 e. The van der Waals surface area contributed by atoms with Crippen LogP contribution in [0.1, 0.15) is 26.2 Å². The van der Waals surface area contributed by atoms with Crippen molar-refractivity contribution < 1.29 is 19.5 Å². The zero-order valence-electron chi connectivity index (χ0n) is 13.2. The fraction of sp³-hybridized carbons (Fsp3) is 0.786. The van der Waals surface area contributed by atoms with Crippen LogP contribution in [0.3, 0.4) is 0 Å². The maximum Gasteiger partial charge on any atom is 0.326 e. The molecule has 7 heteroatoms. The molecule has 0 aromatic rings. The summed E-state index contributed by atoms with van der Waals surface area (Å²) in [5.41, 5.74) is 0. The molecule has 7 nitrogen and oxygen atoms in total. The normalized spacial score (nSPS) is 21.8. The summed E-state index contributed by atoms with van der Waals surface area (Å²) < 4.78 is 0. The first-order valence-corrected chi connectivity index (χ1v) is 7.22. The molecule has 2 unspecified atom stereocenters. The predicted molar refractivity (Wildman–Crippen MR) is 77.9 cm³/mol. The lowest BCUT2D eigenvalue weighted by Gasteiger charge is -2.38. The number of rotatable bonds is 4. The maximum atomic E-state index is 12.4. The summed E-state index contributed by atoms with van der Waals surface area (Å²) in [6.07, 6.45) is 2.20. The SMILES string of the molecule is CCC1CCN(C(=O)N(C)CC(=O)N(C)C)C(C(=O)O)C1. The molecule has 1 aliphatic heterocycles. The van der Waals surface area contributed by atoms with Crippen LogP contribution in [-0.4, -0.2) is 78.0 Å². The molecule has 1 heterocycles. The summed E-state index contributed by atoms with van der Waals surface area (Å²) >= 11 is 0. The van der Waals surface area contributed by atoms with Crippen molar-refractivity contribution in [3.63, 3.8) is 0 Å². The molecule has 0 spiro atoms. The first kappa shape index (κ1) is 17.3. The van der Waals surface area contributed by atoms with Crippen LogP contribution in [-0.2, 0) is 9.59 Å². The molecule has 0 aromatic carbocycles. The average molecular weight is 299 g/mol. The van der Waals surface area contributed by atoms with Gasteiger partial charge in [-0.2, -0.15) is 0 Å². The first-order chi connectivity index (χ1) is 9.77. The van der Waals surface area contributed by atoms with Gasteiger partial charge in [0.25, 0.3) is 0 Å². The number of likely N-dealkylation sites (tertiary alicyclic amines) is 1. The molecule has 1 aliphatic rings. The highest BCUT2D eigenvalue weighted by Gasteiger charge is 2.37. The number of amides is 3. The van der Waals surface area contributed by atoms with Gasteiger partial charge in [0.15, 0.2) is 0 Å². The Kier molecular flexibility index (Phi) is 5.99. The minimum absolute atomic E-state index is 0.0497. The van der Waals surface area contributed by atoms with Crippen LogP contribution in [0.4, 0.5) is 4.79 Å². The van der Waals surface area contributed by atoms with Gasteiger partial charge in [-0.3, -0.25) is 4.79 Å². The lowest BCUT2D eigenvalue weighted by atomic mass is 9.89. The fourth-order valence-electron chi connectivity index (χ4n) is 2.50. The number of urea groups is 1. The Labute approximate surface area is 125 Å². The topological polar surface area (TPSA) is 81.2 Å². The van der Waals surface area contributed by atoms with Crippen molar-refractivity contribution in [3.05, 3.63) is 0 Å². The molecule has 2 atom stereocenters. The van der Waals surface area contributed by atoms with E-state index in [-0.39, 0.29) is 12.5 Å². The minimum atomic E-state index is -0.978. The number of carbonyl (C=O) groups excluding carboxylic acids is 2. The maximum absolute atomic E-state index is 12.4. The van der Waals surface area contributed by atoms with E-state index in [0.29, 0.717) is 18.9 Å². The predicted octanol–water partition coefficient (Wildman–Crippen LogP) is 0.702. The Morgan fingerprint density at radius 3 is 2.33 bits per heavy atom. The van der Waals surface area contributed by atoms with Gasteiger partial charge in [0, 0.05) is 27.7 Å². The molecule has 0 aromatic heterocycles. The summed E-state index contributed by atoms with van der Waals surface area (Å²) in [5.74, 6) is -0.834.